The van der Waals surface area contributed by atoms with E-state index in [0.29, 0.717) is 26.1 Å². The molecule has 0 aliphatic carbocycles. The molecule has 2 aliphatic rings. The number of hydrogen-bond acceptors (Lipinski definition) is 5. The summed E-state index contributed by atoms with van der Waals surface area (Å²) in [5, 5.41) is 0. The zero-order valence-electron chi connectivity index (χ0n) is 9.52. The first-order chi connectivity index (χ1) is 8.24. The van der Waals surface area contributed by atoms with Crippen molar-refractivity contribution in [3.05, 3.63) is 11.5 Å². The highest BCUT2D eigenvalue weighted by Crippen LogP contribution is 2.23. The molecule has 17 heavy (non-hydrogen) atoms. The van der Waals surface area contributed by atoms with Crippen LogP contribution in [-0.2, 0) is 22.5 Å². The molecule has 1 amide bonds. The second-order valence-corrected chi connectivity index (χ2v) is 4.43. The van der Waals surface area contributed by atoms with Gasteiger partial charge in [0.05, 0.1) is 6.54 Å². The Labute approximate surface area is 98.7 Å². The summed E-state index contributed by atoms with van der Waals surface area (Å²) >= 11 is 0. The molecule has 0 bridgehead atoms. The molecule has 3 heterocycles. The first-order valence-corrected chi connectivity index (χ1v) is 5.88. The SMILES string of the molecule is Nc1nc2c(o1)CCN(C(=O)C1CCCO1)C2. The molecule has 0 spiro atoms. The van der Waals surface area contributed by atoms with Crippen molar-refractivity contribution in [1.82, 2.24) is 9.88 Å². The predicted molar refractivity (Wildman–Crippen MR) is 59.0 cm³/mol. The molecule has 1 fully saturated rings. The van der Waals surface area contributed by atoms with E-state index in [0.717, 1.165) is 24.3 Å². The number of nitrogens with two attached hydrogens (primary N) is 1. The van der Waals surface area contributed by atoms with Crippen molar-refractivity contribution in [3.63, 3.8) is 0 Å². The summed E-state index contributed by atoms with van der Waals surface area (Å²) in [5.74, 6) is 0.869. The standard InChI is InChI=1S/C11H15N3O3/c12-11-13-7-6-14(4-3-8(7)17-11)10(15)9-2-1-5-16-9/h9H,1-6H2,(H2,12,13). The summed E-state index contributed by atoms with van der Waals surface area (Å²) in [4.78, 5) is 18.0. The van der Waals surface area contributed by atoms with Gasteiger partial charge in [0.25, 0.3) is 11.9 Å². The van der Waals surface area contributed by atoms with Crippen LogP contribution >= 0.6 is 0 Å². The normalized spacial score (nSPS) is 23.8. The van der Waals surface area contributed by atoms with Gasteiger partial charge in [-0.15, -0.1) is 0 Å². The lowest BCUT2D eigenvalue weighted by atomic mass is 10.1. The molecule has 0 radical (unpaired) electrons. The monoisotopic (exact) mass is 237 g/mol. The Hall–Kier alpha value is -1.56. The van der Waals surface area contributed by atoms with Crippen LogP contribution in [0.2, 0.25) is 0 Å². The van der Waals surface area contributed by atoms with Gasteiger partial charge in [-0.05, 0) is 12.8 Å². The number of oxazole rings is 1. The van der Waals surface area contributed by atoms with Gasteiger partial charge >= 0.3 is 0 Å². The largest absolute Gasteiger partial charge is 0.428 e. The van der Waals surface area contributed by atoms with Gasteiger partial charge < -0.3 is 19.8 Å². The molecule has 0 saturated carbocycles. The zero-order chi connectivity index (χ0) is 11.8. The zero-order valence-corrected chi connectivity index (χ0v) is 9.52. The fourth-order valence-electron chi connectivity index (χ4n) is 2.38. The molecule has 1 aromatic heterocycles. The summed E-state index contributed by atoms with van der Waals surface area (Å²) in [7, 11) is 0. The number of amides is 1. The minimum absolute atomic E-state index is 0.0646. The molecule has 2 N–H and O–H groups in total. The van der Waals surface area contributed by atoms with Crippen LogP contribution in [-0.4, -0.2) is 35.0 Å². The van der Waals surface area contributed by atoms with Crippen LogP contribution in [0.5, 0.6) is 0 Å². The van der Waals surface area contributed by atoms with Crippen LogP contribution < -0.4 is 5.73 Å². The topological polar surface area (TPSA) is 81.6 Å². The van der Waals surface area contributed by atoms with E-state index in [-0.39, 0.29) is 18.0 Å². The van der Waals surface area contributed by atoms with Crippen molar-refractivity contribution in [1.29, 1.82) is 0 Å². The van der Waals surface area contributed by atoms with E-state index in [2.05, 4.69) is 4.98 Å². The van der Waals surface area contributed by atoms with Gasteiger partial charge in [-0.25, -0.2) is 0 Å². The summed E-state index contributed by atoms with van der Waals surface area (Å²) in [6.07, 6.45) is 2.20. The first-order valence-electron chi connectivity index (χ1n) is 5.88. The minimum Gasteiger partial charge on any atom is -0.428 e. The Balaban J connectivity index is 1.72. The molecule has 6 nitrogen and oxygen atoms in total. The molecule has 1 unspecified atom stereocenters. The summed E-state index contributed by atoms with van der Waals surface area (Å²) < 4.78 is 10.7. The number of anilines is 1. The highest BCUT2D eigenvalue weighted by Gasteiger charge is 2.31. The van der Waals surface area contributed by atoms with Gasteiger partial charge in [-0.2, -0.15) is 4.98 Å². The number of ether oxygens (including phenoxy) is 1. The Morgan fingerprint density at radius 2 is 2.41 bits per heavy atom. The van der Waals surface area contributed by atoms with Crippen molar-refractivity contribution >= 4 is 11.9 Å². The van der Waals surface area contributed by atoms with Crippen LogP contribution in [0.15, 0.2) is 4.42 Å². The Morgan fingerprint density at radius 1 is 1.53 bits per heavy atom. The van der Waals surface area contributed by atoms with Gasteiger partial charge in [-0.1, -0.05) is 0 Å². The Morgan fingerprint density at radius 3 is 3.18 bits per heavy atom. The van der Waals surface area contributed by atoms with Crippen LogP contribution in [0.3, 0.4) is 0 Å². The molecule has 1 atom stereocenters. The lowest BCUT2D eigenvalue weighted by Gasteiger charge is -2.27. The highest BCUT2D eigenvalue weighted by molar-refractivity contribution is 5.81. The van der Waals surface area contributed by atoms with Crippen molar-refractivity contribution in [2.24, 2.45) is 0 Å². The maximum atomic E-state index is 12.1. The van der Waals surface area contributed by atoms with Gasteiger partial charge in [0.15, 0.2) is 0 Å². The number of nitrogens with zero attached hydrogens (tertiary/aromatic N) is 2. The van der Waals surface area contributed by atoms with E-state index in [1.165, 1.54) is 0 Å². The van der Waals surface area contributed by atoms with Crippen molar-refractivity contribution in [3.8, 4) is 0 Å². The fraction of sp³-hybridized carbons (Fsp3) is 0.636. The average Bonchev–Trinajstić information content (AvgIpc) is 2.94. The van der Waals surface area contributed by atoms with Crippen molar-refractivity contribution < 1.29 is 13.9 Å². The predicted octanol–water partition coefficient (Wildman–Crippen LogP) is 0.320. The average molecular weight is 237 g/mol. The molecule has 6 heteroatoms. The maximum Gasteiger partial charge on any atom is 0.292 e. The summed E-state index contributed by atoms with van der Waals surface area (Å²) in [6, 6.07) is 0.182. The number of carbonyl (C=O) groups excluding carboxylic acids is 1. The van der Waals surface area contributed by atoms with Gasteiger partial charge in [0.2, 0.25) is 0 Å². The summed E-state index contributed by atoms with van der Waals surface area (Å²) in [5.41, 5.74) is 6.27. The molecule has 3 rings (SSSR count). The maximum absolute atomic E-state index is 12.1. The smallest absolute Gasteiger partial charge is 0.292 e. The van der Waals surface area contributed by atoms with Crippen LogP contribution in [0.4, 0.5) is 6.01 Å². The van der Waals surface area contributed by atoms with Gasteiger partial charge in [0, 0.05) is 19.6 Å². The quantitative estimate of drug-likeness (QED) is 0.760. The molecule has 0 aromatic carbocycles. The number of rotatable bonds is 1. The molecule has 92 valence electrons. The minimum atomic E-state index is -0.263. The van der Waals surface area contributed by atoms with E-state index < -0.39 is 0 Å². The Kier molecular flexibility index (Phi) is 2.51. The number of aromatic nitrogens is 1. The number of nitrogen functional groups attached to an aromatic ring is 1. The van der Waals surface area contributed by atoms with Crippen LogP contribution in [0, 0.1) is 0 Å². The third-order valence-corrected chi connectivity index (χ3v) is 3.26. The van der Waals surface area contributed by atoms with Crippen LogP contribution in [0.25, 0.3) is 0 Å². The van der Waals surface area contributed by atoms with Crippen LogP contribution in [0.1, 0.15) is 24.3 Å². The van der Waals surface area contributed by atoms with E-state index in [9.17, 15) is 4.79 Å². The molecule has 1 saturated heterocycles. The van der Waals surface area contributed by atoms with Gasteiger partial charge in [0.1, 0.15) is 17.6 Å². The molecular weight excluding hydrogens is 222 g/mol. The number of carbonyl (C=O) groups is 1. The highest BCUT2D eigenvalue weighted by atomic mass is 16.5. The Bertz CT molecular complexity index is 437. The third kappa shape index (κ3) is 1.88. The van der Waals surface area contributed by atoms with E-state index >= 15 is 0 Å². The molecule has 2 aliphatic heterocycles. The van der Waals surface area contributed by atoms with E-state index in [4.69, 9.17) is 14.9 Å². The number of hydrogen-bond donors (Lipinski definition) is 1. The van der Waals surface area contributed by atoms with Crippen molar-refractivity contribution in [2.75, 3.05) is 18.9 Å². The second-order valence-electron chi connectivity index (χ2n) is 4.43. The van der Waals surface area contributed by atoms with E-state index in [1.807, 2.05) is 0 Å². The number of fused-ring (bicyclic) bond motifs is 1. The van der Waals surface area contributed by atoms with E-state index in [1.54, 1.807) is 4.90 Å². The summed E-state index contributed by atoms with van der Waals surface area (Å²) in [6.45, 7) is 1.82. The second kappa shape index (κ2) is 4.03. The van der Waals surface area contributed by atoms with Crippen molar-refractivity contribution in [2.45, 2.75) is 31.9 Å². The third-order valence-electron chi connectivity index (χ3n) is 3.26. The first kappa shape index (κ1) is 10.6. The lowest BCUT2D eigenvalue weighted by molar-refractivity contribution is -0.142. The molecular formula is C11H15N3O3. The lowest BCUT2D eigenvalue weighted by Crippen LogP contribution is -2.41. The van der Waals surface area contributed by atoms with Gasteiger partial charge in [-0.3, -0.25) is 4.79 Å². The fourth-order valence-corrected chi connectivity index (χ4v) is 2.38. The molecule has 1 aromatic rings.